The highest BCUT2D eigenvalue weighted by molar-refractivity contribution is 8.00. The monoisotopic (exact) mass is 252 g/mol. The number of hydrogen-bond acceptors (Lipinski definition) is 3. The average molecular weight is 252 g/mol. The van der Waals surface area contributed by atoms with Gasteiger partial charge < -0.3 is 9.84 Å². The van der Waals surface area contributed by atoms with E-state index in [1.165, 1.54) is 4.90 Å². The third-order valence-corrected chi connectivity index (χ3v) is 4.71. The van der Waals surface area contributed by atoms with Crippen molar-refractivity contribution in [3.05, 3.63) is 29.8 Å². The molecule has 0 bridgehead atoms. The van der Waals surface area contributed by atoms with Gasteiger partial charge in [-0.2, -0.15) is 0 Å². The molecule has 1 heterocycles. The second kappa shape index (κ2) is 5.89. The Bertz CT molecular complexity index is 350. The first-order valence-corrected chi connectivity index (χ1v) is 7.15. The van der Waals surface area contributed by atoms with Crippen LogP contribution < -0.4 is 0 Å². The van der Waals surface area contributed by atoms with Crippen molar-refractivity contribution in [3.63, 3.8) is 0 Å². The normalized spacial score (nSPS) is 26.1. The first kappa shape index (κ1) is 12.9. The zero-order chi connectivity index (χ0) is 12.3. The van der Waals surface area contributed by atoms with Crippen molar-refractivity contribution >= 4 is 11.8 Å². The maximum absolute atomic E-state index is 9.72. The van der Waals surface area contributed by atoms with Crippen LogP contribution in [0.2, 0.25) is 0 Å². The van der Waals surface area contributed by atoms with Crippen LogP contribution in [0.3, 0.4) is 0 Å². The number of rotatable bonds is 4. The molecule has 1 aliphatic rings. The standard InChI is InChI=1S/C14H20O2S/c1-3-13(15)11-4-6-12(7-5-11)17-14-8-9-16-10(14)2/h4-7,10,13-15H,3,8-9H2,1-2H3/t10?,13-,14?/m0/s1. The molecule has 2 unspecified atom stereocenters. The quantitative estimate of drug-likeness (QED) is 0.890. The zero-order valence-electron chi connectivity index (χ0n) is 10.4. The lowest BCUT2D eigenvalue weighted by Gasteiger charge is -2.14. The van der Waals surface area contributed by atoms with Gasteiger partial charge in [0.1, 0.15) is 0 Å². The van der Waals surface area contributed by atoms with Gasteiger partial charge in [0, 0.05) is 16.8 Å². The Morgan fingerprint density at radius 3 is 2.65 bits per heavy atom. The minimum absolute atomic E-state index is 0.331. The van der Waals surface area contributed by atoms with Crippen LogP contribution in [-0.2, 0) is 4.74 Å². The molecule has 1 aliphatic heterocycles. The molecular weight excluding hydrogens is 232 g/mol. The summed E-state index contributed by atoms with van der Waals surface area (Å²) in [6.45, 7) is 5.01. The van der Waals surface area contributed by atoms with E-state index in [4.69, 9.17) is 4.74 Å². The van der Waals surface area contributed by atoms with Crippen molar-refractivity contribution in [1.29, 1.82) is 0 Å². The highest BCUT2D eigenvalue weighted by Crippen LogP contribution is 2.33. The summed E-state index contributed by atoms with van der Waals surface area (Å²) in [5.41, 5.74) is 1.01. The third kappa shape index (κ3) is 3.24. The fraction of sp³-hybridized carbons (Fsp3) is 0.571. The molecule has 0 saturated carbocycles. The van der Waals surface area contributed by atoms with Crippen LogP contribution in [-0.4, -0.2) is 23.1 Å². The van der Waals surface area contributed by atoms with Crippen LogP contribution in [0.15, 0.2) is 29.2 Å². The molecule has 94 valence electrons. The maximum atomic E-state index is 9.72. The summed E-state index contributed by atoms with van der Waals surface area (Å²) in [6, 6.07) is 8.25. The predicted molar refractivity (Wildman–Crippen MR) is 71.4 cm³/mol. The molecule has 0 amide bonds. The largest absolute Gasteiger partial charge is 0.388 e. The summed E-state index contributed by atoms with van der Waals surface area (Å²) in [5, 5.41) is 10.3. The Morgan fingerprint density at radius 1 is 1.41 bits per heavy atom. The first-order chi connectivity index (χ1) is 8.20. The summed E-state index contributed by atoms with van der Waals surface area (Å²) in [4.78, 5) is 1.26. The molecule has 3 heteroatoms. The lowest BCUT2D eigenvalue weighted by molar-refractivity contribution is 0.127. The van der Waals surface area contributed by atoms with E-state index in [0.29, 0.717) is 11.4 Å². The summed E-state index contributed by atoms with van der Waals surface area (Å²) in [7, 11) is 0. The Labute approximate surface area is 107 Å². The molecule has 0 radical (unpaired) electrons. The highest BCUT2D eigenvalue weighted by atomic mass is 32.2. The number of benzene rings is 1. The number of thioether (sulfide) groups is 1. The van der Waals surface area contributed by atoms with Gasteiger partial charge in [-0.1, -0.05) is 19.1 Å². The average Bonchev–Trinajstić information content (AvgIpc) is 2.75. The number of aliphatic hydroxyl groups is 1. The van der Waals surface area contributed by atoms with Crippen molar-refractivity contribution in [2.75, 3.05) is 6.61 Å². The van der Waals surface area contributed by atoms with Crippen LogP contribution in [0.4, 0.5) is 0 Å². The molecule has 1 aromatic rings. The van der Waals surface area contributed by atoms with E-state index >= 15 is 0 Å². The number of hydrogen-bond donors (Lipinski definition) is 1. The summed E-state index contributed by atoms with van der Waals surface area (Å²) < 4.78 is 5.56. The van der Waals surface area contributed by atoms with Crippen LogP contribution in [0.25, 0.3) is 0 Å². The van der Waals surface area contributed by atoms with Gasteiger partial charge in [-0.15, -0.1) is 11.8 Å². The third-order valence-electron chi connectivity index (χ3n) is 3.25. The predicted octanol–water partition coefficient (Wildman–Crippen LogP) is 3.40. The van der Waals surface area contributed by atoms with Gasteiger partial charge in [0.2, 0.25) is 0 Å². The Morgan fingerprint density at radius 2 is 2.12 bits per heavy atom. The van der Waals surface area contributed by atoms with Crippen LogP contribution in [0, 0.1) is 0 Å². The minimum atomic E-state index is -0.331. The molecule has 0 aliphatic carbocycles. The second-order valence-corrected chi connectivity index (χ2v) is 5.83. The lowest BCUT2D eigenvalue weighted by Crippen LogP contribution is -2.12. The van der Waals surface area contributed by atoms with E-state index < -0.39 is 0 Å². The van der Waals surface area contributed by atoms with Crippen molar-refractivity contribution in [3.8, 4) is 0 Å². The van der Waals surface area contributed by atoms with Crippen molar-refractivity contribution in [1.82, 2.24) is 0 Å². The maximum Gasteiger partial charge on any atom is 0.0787 e. The van der Waals surface area contributed by atoms with Crippen molar-refractivity contribution < 1.29 is 9.84 Å². The van der Waals surface area contributed by atoms with Gasteiger partial charge >= 0.3 is 0 Å². The number of ether oxygens (including phenoxy) is 1. The topological polar surface area (TPSA) is 29.5 Å². The molecule has 1 saturated heterocycles. The zero-order valence-corrected chi connectivity index (χ0v) is 11.2. The van der Waals surface area contributed by atoms with Gasteiger partial charge in [-0.3, -0.25) is 0 Å². The molecule has 1 N–H and O–H groups in total. The van der Waals surface area contributed by atoms with Crippen LogP contribution in [0.5, 0.6) is 0 Å². The molecule has 17 heavy (non-hydrogen) atoms. The molecule has 1 fully saturated rings. The van der Waals surface area contributed by atoms with Crippen molar-refractivity contribution in [2.45, 2.75) is 49.0 Å². The van der Waals surface area contributed by atoms with Gasteiger partial charge in [-0.25, -0.2) is 0 Å². The minimum Gasteiger partial charge on any atom is -0.388 e. The summed E-state index contributed by atoms with van der Waals surface area (Å²) >= 11 is 1.88. The van der Waals surface area contributed by atoms with Crippen LogP contribution >= 0.6 is 11.8 Å². The van der Waals surface area contributed by atoms with E-state index in [0.717, 1.165) is 25.0 Å². The first-order valence-electron chi connectivity index (χ1n) is 6.27. The fourth-order valence-electron chi connectivity index (χ4n) is 2.05. The molecular formula is C14H20O2S. The van der Waals surface area contributed by atoms with Gasteiger partial charge in [0.05, 0.1) is 12.2 Å². The van der Waals surface area contributed by atoms with Gasteiger partial charge in [0.15, 0.2) is 0 Å². The molecule has 0 aromatic heterocycles. The van der Waals surface area contributed by atoms with E-state index in [-0.39, 0.29) is 6.10 Å². The Kier molecular flexibility index (Phi) is 4.48. The Balaban J connectivity index is 1.98. The Hall–Kier alpha value is -0.510. The number of aliphatic hydroxyl groups excluding tert-OH is 1. The van der Waals surface area contributed by atoms with Gasteiger partial charge in [0.25, 0.3) is 0 Å². The second-order valence-electron chi connectivity index (χ2n) is 4.51. The summed E-state index contributed by atoms with van der Waals surface area (Å²) in [5.74, 6) is 0. The van der Waals surface area contributed by atoms with Crippen molar-refractivity contribution in [2.24, 2.45) is 0 Å². The van der Waals surface area contributed by atoms with E-state index in [2.05, 4.69) is 19.1 Å². The molecule has 2 nitrogen and oxygen atoms in total. The van der Waals surface area contributed by atoms with Gasteiger partial charge in [-0.05, 0) is 37.5 Å². The van der Waals surface area contributed by atoms with E-state index in [1.807, 2.05) is 30.8 Å². The van der Waals surface area contributed by atoms with E-state index in [9.17, 15) is 5.11 Å². The van der Waals surface area contributed by atoms with E-state index in [1.54, 1.807) is 0 Å². The SMILES string of the molecule is CC[C@H](O)c1ccc(SC2CCOC2C)cc1. The molecule has 2 rings (SSSR count). The molecule has 1 aromatic carbocycles. The summed E-state index contributed by atoms with van der Waals surface area (Å²) in [6.07, 6.45) is 1.91. The van der Waals surface area contributed by atoms with Crippen LogP contribution in [0.1, 0.15) is 38.4 Å². The molecule has 3 atom stereocenters. The molecule has 0 spiro atoms. The fourth-order valence-corrected chi connectivity index (χ4v) is 3.17. The lowest BCUT2D eigenvalue weighted by atomic mass is 10.1. The highest BCUT2D eigenvalue weighted by Gasteiger charge is 2.24. The smallest absolute Gasteiger partial charge is 0.0787 e.